The average Bonchev–Trinajstić information content (AvgIpc) is 1.98. The first-order chi connectivity index (χ1) is 5.70. The Morgan fingerprint density at radius 3 is 2.23 bits per heavy atom. The SMILES string of the molecule is CC(C)(C)[Si](C)(C)OCC(Cl)C=O. The van der Waals surface area contributed by atoms with E-state index in [4.69, 9.17) is 16.0 Å². The maximum absolute atomic E-state index is 10.3. The van der Waals surface area contributed by atoms with Crippen LogP contribution in [0.4, 0.5) is 0 Å². The smallest absolute Gasteiger partial charge is 0.192 e. The fourth-order valence-electron chi connectivity index (χ4n) is 0.544. The van der Waals surface area contributed by atoms with Crippen LogP contribution in [0, 0.1) is 0 Å². The van der Waals surface area contributed by atoms with Crippen molar-refractivity contribution >= 4 is 26.2 Å². The molecule has 0 bridgehead atoms. The second-order valence-electron chi connectivity index (χ2n) is 4.72. The summed E-state index contributed by atoms with van der Waals surface area (Å²) in [5.74, 6) is 0. The Kier molecular flexibility index (Phi) is 4.62. The van der Waals surface area contributed by atoms with Gasteiger partial charge in [-0.3, -0.25) is 0 Å². The highest BCUT2D eigenvalue weighted by Crippen LogP contribution is 2.36. The molecule has 4 heteroatoms. The van der Waals surface area contributed by atoms with E-state index in [9.17, 15) is 4.79 Å². The van der Waals surface area contributed by atoms with Gasteiger partial charge in [0, 0.05) is 0 Å². The molecule has 2 nitrogen and oxygen atoms in total. The summed E-state index contributed by atoms with van der Waals surface area (Å²) in [5, 5.41) is -0.332. The fourth-order valence-corrected chi connectivity index (χ4v) is 1.74. The fraction of sp³-hybridized carbons (Fsp3) is 0.889. The Morgan fingerprint density at radius 2 is 1.92 bits per heavy atom. The molecular weight excluding hydrogens is 204 g/mol. The maximum Gasteiger partial charge on any atom is 0.192 e. The van der Waals surface area contributed by atoms with Gasteiger partial charge in [-0.2, -0.15) is 0 Å². The van der Waals surface area contributed by atoms with Gasteiger partial charge in [0.05, 0.1) is 6.61 Å². The lowest BCUT2D eigenvalue weighted by atomic mass is 10.2. The summed E-state index contributed by atoms with van der Waals surface area (Å²) in [6.07, 6.45) is 0.717. The molecule has 0 aliphatic heterocycles. The quantitative estimate of drug-likeness (QED) is 0.416. The lowest BCUT2D eigenvalue weighted by Crippen LogP contribution is -2.42. The molecular formula is C9H19ClO2Si. The summed E-state index contributed by atoms with van der Waals surface area (Å²) in [6.45, 7) is 11.1. The van der Waals surface area contributed by atoms with Crippen molar-refractivity contribution in [1.29, 1.82) is 0 Å². The first-order valence-corrected chi connectivity index (χ1v) is 7.78. The van der Waals surface area contributed by atoms with Crippen LogP contribution in [0.2, 0.25) is 18.1 Å². The number of rotatable bonds is 4. The van der Waals surface area contributed by atoms with Gasteiger partial charge >= 0.3 is 0 Å². The van der Waals surface area contributed by atoms with E-state index in [-0.39, 0.29) is 5.04 Å². The van der Waals surface area contributed by atoms with Crippen LogP contribution >= 0.6 is 11.6 Å². The zero-order chi connectivity index (χ0) is 10.7. The molecule has 0 aromatic carbocycles. The van der Waals surface area contributed by atoms with Crippen molar-refractivity contribution in [2.45, 2.75) is 44.3 Å². The number of carbonyl (C=O) groups excluding carboxylic acids is 1. The summed E-state index contributed by atoms with van der Waals surface area (Å²) in [6, 6.07) is 0. The van der Waals surface area contributed by atoms with Crippen LogP contribution < -0.4 is 0 Å². The van der Waals surface area contributed by atoms with Gasteiger partial charge in [-0.1, -0.05) is 20.8 Å². The third-order valence-corrected chi connectivity index (χ3v) is 7.29. The molecule has 0 aliphatic rings. The molecule has 0 radical (unpaired) electrons. The Hall–Kier alpha value is 0.137. The van der Waals surface area contributed by atoms with Gasteiger partial charge in [0.1, 0.15) is 11.7 Å². The predicted molar refractivity (Wildman–Crippen MR) is 58.9 cm³/mol. The van der Waals surface area contributed by atoms with E-state index in [1.165, 1.54) is 0 Å². The van der Waals surface area contributed by atoms with E-state index in [0.29, 0.717) is 12.9 Å². The van der Waals surface area contributed by atoms with Crippen molar-refractivity contribution in [3.8, 4) is 0 Å². The maximum atomic E-state index is 10.3. The molecule has 0 aromatic rings. The highest BCUT2D eigenvalue weighted by atomic mass is 35.5. The van der Waals surface area contributed by atoms with Gasteiger partial charge in [0.2, 0.25) is 0 Å². The van der Waals surface area contributed by atoms with Crippen LogP contribution in [0.25, 0.3) is 0 Å². The monoisotopic (exact) mass is 222 g/mol. The molecule has 0 N–H and O–H groups in total. The van der Waals surface area contributed by atoms with Crippen LogP contribution in [-0.2, 0) is 9.22 Å². The molecule has 0 aromatic heterocycles. The van der Waals surface area contributed by atoms with Gasteiger partial charge in [-0.05, 0) is 18.1 Å². The van der Waals surface area contributed by atoms with Crippen LogP contribution in [0.5, 0.6) is 0 Å². The summed E-state index contributed by atoms with van der Waals surface area (Å²) >= 11 is 5.65. The van der Waals surface area contributed by atoms with Crippen LogP contribution in [0.3, 0.4) is 0 Å². The van der Waals surface area contributed by atoms with Crippen LogP contribution in [0.1, 0.15) is 20.8 Å². The molecule has 0 rings (SSSR count). The molecule has 1 atom stereocenters. The van der Waals surface area contributed by atoms with Crippen molar-refractivity contribution in [3.63, 3.8) is 0 Å². The molecule has 1 unspecified atom stereocenters. The van der Waals surface area contributed by atoms with Gasteiger partial charge < -0.3 is 9.22 Å². The second-order valence-corrected chi connectivity index (χ2v) is 10.1. The number of hydrogen-bond donors (Lipinski definition) is 0. The van der Waals surface area contributed by atoms with Crippen molar-refractivity contribution in [2.24, 2.45) is 0 Å². The minimum atomic E-state index is -1.73. The molecule has 78 valence electrons. The molecule has 0 amide bonds. The number of alkyl halides is 1. The van der Waals surface area contributed by atoms with Crippen molar-refractivity contribution in [2.75, 3.05) is 6.61 Å². The van der Waals surface area contributed by atoms with Gasteiger partial charge in [-0.15, -0.1) is 11.6 Å². The molecule has 13 heavy (non-hydrogen) atoms. The third kappa shape index (κ3) is 4.25. The lowest BCUT2D eigenvalue weighted by molar-refractivity contribution is -0.108. The average molecular weight is 223 g/mol. The summed E-state index contributed by atoms with van der Waals surface area (Å²) in [7, 11) is -1.73. The number of aldehydes is 1. The van der Waals surface area contributed by atoms with Crippen LogP contribution in [0.15, 0.2) is 0 Å². The van der Waals surface area contributed by atoms with E-state index in [1.807, 2.05) is 0 Å². The summed E-state index contributed by atoms with van der Waals surface area (Å²) < 4.78 is 5.72. The van der Waals surface area contributed by atoms with E-state index in [1.54, 1.807) is 0 Å². The Labute approximate surface area is 86.7 Å². The van der Waals surface area contributed by atoms with E-state index in [2.05, 4.69) is 33.9 Å². The Morgan fingerprint density at radius 1 is 1.46 bits per heavy atom. The minimum Gasteiger partial charge on any atom is -0.415 e. The lowest BCUT2D eigenvalue weighted by Gasteiger charge is -2.36. The standard InChI is InChI=1S/C9H19ClO2Si/c1-9(2,3)13(4,5)12-7-8(10)6-11/h6,8H,7H2,1-5H3. The number of hydrogen-bond acceptors (Lipinski definition) is 2. The van der Waals surface area contributed by atoms with Gasteiger partial charge in [0.15, 0.2) is 8.32 Å². The zero-order valence-electron chi connectivity index (χ0n) is 9.06. The third-order valence-electron chi connectivity index (χ3n) is 2.56. The van der Waals surface area contributed by atoms with Gasteiger partial charge in [0.25, 0.3) is 0 Å². The normalized spacial score (nSPS) is 15.5. The van der Waals surface area contributed by atoms with Crippen molar-refractivity contribution in [3.05, 3.63) is 0 Å². The zero-order valence-corrected chi connectivity index (χ0v) is 10.8. The van der Waals surface area contributed by atoms with E-state index >= 15 is 0 Å². The first kappa shape index (κ1) is 13.1. The highest BCUT2D eigenvalue weighted by Gasteiger charge is 2.37. The van der Waals surface area contributed by atoms with Crippen molar-refractivity contribution < 1.29 is 9.22 Å². The predicted octanol–water partition coefficient (Wildman–Crippen LogP) is 2.81. The van der Waals surface area contributed by atoms with E-state index in [0.717, 1.165) is 0 Å². The molecule has 0 aliphatic carbocycles. The largest absolute Gasteiger partial charge is 0.415 e. The van der Waals surface area contributed by atoms with E-state index < -0.39 is 13.7 Å². The number of carbonyl (C=O) groups is 1. The van der Waals surface area contributed by atoms with Gasteiger partial charge in [-0.25, -0.2) is 0 Å². The molecule has 0 fully saturated rings. The summed E-state index contributed by atoms with van der Waals surface area (Å²) in [5.41, 5.74) is 0. The summed E-state index contributed by atoms with van der Waals surface area (Å²) in [4.78, 5) is 10.3. The molecule has 0 heterocycles. The first-order valence-electron chi connectivity index (χ1n) is 4.44. The van der Waals surface area contributed by atoms with Crippen molar-refractivity contribution in [1.82, 2.24) is 0 Å². The molecule has 0 spiro atoms. The molecule has 0 saturated heterocycles. The van der Waals surface area contributed by atoms with Crippen LogP contribution in [-0.4, -0.2) is 26.6 Å². The Bertz CT molecular complexity index is 175. The number of halogens is 1. The topological polar surface area (TPSA) is 26.3 Å². The highest BCUT2D eigenvalue weighted by molar-refractivity contribution is 6.74. The minimum absolute atomic E-state index is 0.173. The molecule has 0 saturated carbocycles. The Balaban J connectivity index is 4.11. The second kappa shape index (κ2) is 4.58.